The third kappa shape index (κ3) is 4.25. The molecule has 0 bridgehead atoms. The van der Waals surface area contributed by atoms with Crippen LogP contribution in [0.2, 0.25) is 0 Å². The Morgan fingerprint density at radius 1 is 1.23 bits per heavy atom. The summed E-state index contributed by atoms with van der Waals surface area (Å²) in [5.74, 6) is 0.716. The minimum atomic E-state index is -0.336. The molecule has 3 aromatic rings. The number of fused-ring (bicyclic) bond motifs is 2. The normalized spacial score (nSPS) is 19.9. The summed E-state index contributed by atoms with van der Waals surface area (Å²) in [6.07, 6.45) is 1.72. The van der Waals surface area contributed by atoms with E-state index >= 15 is 0 Å². The first kappa shape index (κ1) is 23.5. The molecule has 0 radical (unpaired) electrons. The molecule has 5 nitrogen and oxygen atoms in total. The molecule has 0 spiro atoms. The molecule has 30 heavy (non-hydrogen) atoms. The molecular formula is C20H20Cl2FIN4OS. The van der Waals surface area contributed by atoms with Crippen LogP contribution < -0.4 is 10.6 Å². The highest BCUT2D eigenvalue weighted by atomic mass is 127. The van der Waals surface area contributed by atoms with Gasteiger partial charge in [0.15, 0.2) is 0 Å². The summed E-state index contributed by atoms with van der Waals surface area (Å²) in [6, 6.07) is 8.77. The highest BCUT2D eigenvalue weighted by Crippen LogP contribution is 2.39. The van der Waals surface area contributed by atoms with Crippen molar-refractivity contribution in [3.63, 3.8) is 0 Å². The summed E-state index contributed by atoms with van der Waals surface area (Å²) in [5, 5.41) is 8.02. The van der Waals surface area contributed by atoms with Crippen LogP contribution in [-0.2, 0) is 0 Å². The molecule has 160 valence electrons. The summed E-state index contributed by atoms with van der Waals surface area (Å²) < 4.78 is 15.2. The zero-order valence-electron chi connectivity index (χ0n) is 15.7. The predicted molar refractivity (Wildman–Crippen MR) is 132 cm³/mol. The van der Waals surface area contributed by atoms with E-state index in [1.165, 1.54) is 17.4 Å². The Morgan fingerprint density at radius 3 is 2.67 bits per heavy atom. The number of anilines is 2. The molecule has 1 aromatic carbocycles. The van der Waals surface area contributed by atoms with Crippen LogP contribution in [0.15, 0.2) is 36.5 Å². The first-order valence-corrected chi connectivity index (χ1v) is 11.1. The van der Waals surface area contributed by atoms with Crippen LogP contribution in [0.1, 0.15) is 10.4 Å². The first-order valence-electron chi connectivity index (χ1n) is 9.20. The van der Waals surface area contributed by atoms with Gasteiger partial charge in [0.1, 0.15) is 15.6 Å². The number of benzene rings is 1. The van der Waals surface area contributed by atoms with E-state index in [9.17, 15) is 9.18 Å². The van der Waals surface area contributed by atoms with Gasteiger partial charge in [-0.1, -0.05) is 11.3 Å². The molecule has 2 atom stereocenters. The van der Waals surface area contributed by atoms with Crippen LogP contribution >= 0.6 is 58.7 Å². The van der Waals surface area contributed by atoms with Gasteiger partial charge in [-0.3, -0.25) is 4.79 Å². The lowest BCUT2D eigenvalue weighted by atomic mass is 10.0. The second-order valence-electron chi connectivity index (χ2n) is 7.30. The third-order valence-electron chi connectivity index (χ3n) is 5.54. The van der Waals surface area contributed by atoms with Crippen LogP contribution in [0.3, 0.4) is 0 Å². The number of halogens is 4. The second kappa shape index (κ2) is 9.52. The number of nitrogens with one attached hydrogen (secondary N) is 2. The van der Waals surface area contributed by atoms with Crippen LogP contribution in [-0.4, -0.2) is 42.0 Å². The molecular weight excluding hydrogens is 561 g/mol. The summed E-state index contributed by atoms with van der Waals surface area (Å²) >= 11 is 3.47. The van der Waals surface area contributed by atoms with Gasteiger partial charge in [-0.05, 0) is 64.8 Å². The fourth-order valence-electron chi connectivity index (χ4n) is 4.13. The number of carbonyl (C=O) groups excluding carboxylic acids is 1. The number of likely N-dealkylation sites (tertiary alicyclic amines) is 1. The number of hydrogen-bond acceptors (Lipinski definition) is 5. The van der Waals surface area contributed by atoms with Gasteiger partial charge in [-0.2, -0.15) is 0 Å². The Labute approximate surface area is 203 Å². The van der Waals surface area contributed by atoms with Crippen molar-refractivity contribution < 1.29 is 9.18 Å². The first-order chi connectivity index (χ1) is 13.6. The molecule has 2 aliphatic heterocycles. The number of aromatic nitrogens is 1. The fraction of sp³-hybridized carbons (Fsp3) is 0.300. The highest BCUT2D eigenvalue weighted by molar-refractivity contribution is 14.1. The summed E-state index contributed by atoms with van der Waals surface area (Å²) in [6.45, 7) is 3.48. The number of hydrogen-bond donors (Lipinski definition) is 2. The number of nitrogens with zero attached hydrogens (tertiary/aromatic N) is 2. The van der Waals surface area contributed by atoms with E-state index in [1.807, 2.05) is 23.1 Å². The van der Waals surface area contributed by atoms with Crippen LogP contribution in [0, 0.1) is 21.2 Å². The van der Waals surface area contributed by atoms with Gasteiger partial charge in [0.25, 0.3) is 5.91 Å². The molecule has 5 rings (SSSR count). The topological polar surface area (TPSA) is 57.3 Å². The van der Waals surface area contributed by atoms with E-state index < -0.39 is 0 Å². The summed E-state index contributed by atoms with van der Waals surface area (Å²) in [5.41, 5.74) is 0.961. The number of pyridine rings is 1. The van der Waals surface area contributed by atoms with E-state index in [0.717, 1.165) is 40.0 Å². The maximum absolute atomic E-state index is 14.4. The zero-order chi connectivity index (χ0) is 19.3. The van der Waals surface area contributed by atoms with Crippen molar-refractivity contribution in [3.05, 3.63) is 51.5 Å². The monoisotopic (exact) mass is 580 g/mol. The Kier molecular flexibility index (Phi) is 7.44. The Morgan fingerprint density at radius 2 is 1.97 bits per heavy atom. The number of thiophene rings is 1. The van der Waals surface area contributed by atoms with Crippen molar-refractivity contribution in [1.29, 1.82) is 0 Å². The molecule has 10 heteroatoms. The molecule has 0 saturated carbocycles. The molecule has 4 heterocycles. The van der Waals surface area contributed by atoms with E-state index in [2.05, 4.69) is 38.2 Å². The summed E-state index contributed by atoms with van der Waals surface area (Å²) in [7, 11) is 0. The smallest absolute Gasteiger partial charge is 0.257 e. The van der Waals surface area contributed by atoms with Gasteiger partial charge in [0.05, 0.1) is 11.3 Å². The summed E-state index contributed by atoms with van der Waals surface area (Å²) in [4.78, 5) is 20.6. The van der Waals surface area contributed by atoms with Crippen molar-refractivity contribution in [2.45, 2.75) is 0 Å². The van der Waals surface area contributed by atoms with Crippen molar-refractivity contribution in [2.24, 2.45) is 11.8 Å². The van der Waals surface area contributed by atoms with Crippen LogP contribution in [0.4, 0.5) is 15.1 Å². The number of rotatable bonds is 3. The van der Waals surface area contributed by atoms with Gasteiger partial charge >= 0.3 is 0 Å². The maximum Gasteiger partial charge on any atom is 0.257 e. The van der Waals surface area contributed by atoms with E-state index in [4.69, 9.17) is 0 Å². The lowest BCUT2D eigenvalue weighted by Gasteiger charge is -2.18. The lowest BCUT2D eigenvalue weighted by Crippen LogP contribution is -2.32. The minimum Gasteiger partial charge on any atom is -0.344 e. The Balaban J connectivity index is 0.00000128. The Bertz CT molecular complexity index is 1070. The van der Waals surface area contributed by atoms with Gasteiger partial charge in [0.2, 0.25) is 0 Å². The fourth-order valence-corrected chi connectivity index (χ4v) is 5.63. The van der Waals surface area contributed by atoms with E-state index in [0.29, 0.717) is 28.1 Å². The quantitative estimate of drug-likeness (QED) is 0.432. The zero-order valence-corrected chi connectivity index (χ0v) is 20.3. The second-order valence-corrected chi connectivity index (χ2v) is 9.54. The molecule has 1 amide bonds. The number of carbonyl (C=O) groups is 1. The number of amides is 1. The molecule has 2 saturated heterocycles. The molecule has 2 aliphatic rings. The van der Waals surface area contributed by atoms with E-state index in [-0.39, 0.29) is 36.5 Å². The van der Waals surface area contributed by atoms with Gasteiger partial charge in [0, 0.05) is 41.3 Å². The lowest BCUT2D eigenvalue weighted by molar-refractivity contribution is 0.0785. The van der Waals surface area contributed by atoms with Gasteiger partial charge < -0.3 is 15.5 Å². The van der Waals surface area contributed by atoms with Crippen molar-refractivity contribution >= 4 is 85.6 Å². The Hall–Kier alpha value is -1.20. The maximum atomic E-state index is 14.4. The minimum absolute atomic E-state index is 0. The van der Waals surface area contributed by atoms with Crippen molar-refractivity contribution in [3.8, 4) is 0 Å². The van der Waals surface area contributed by atoms with Crippen LogP contribution in [0.5, 0.6) is 0 Å². The average Bonchev–Trinajstić information content (AvgIpc) is 3.36. The highest BCUT2D eigenvalue weighted by Gasteiger charge is 2.39. The molecule has 2 aromatic heterocycles. The molecule has 0 aliphatic carbocycles. The average molecular weight is 581 g/mol. The van der Waals surface area contributed by atoms with Gasteiger partial charge in [-0.15, -0.1) is 24.8 Å². The standard InChI is InChI=1S/C20H18FIN4OS.2ClH/c21-15-6-13(22)3-4-16(15)25-19-17(14-2-1-5-24-18(14)28-19)20(27)26-9-11-7-23-8-12(11)10-26;;/h1-6,11-12,23,25H,7-10H2;2*1H. The van der Waals surface area contributed by atoms with E-state index in [1.54, 1.807) is 12.3 Å². The van der Waals surface area contributed by atoms with Gasteiger partial charge in [-0.25, -0.2) is 9.37 Å². The van der Waals surface area contributed by atoms with Crippen molar-refractivity contribution in [2.75, 3.05) is 31.5 Å². The SMILES string of the molecule is Cl.Cl.O=C(c1c(Nc2ccc(I)cc2F)sc2ncccc12)N1CC2CNCC2C1. The molecule has 2 fully saturated rings. The molecule has 2 N–H and O–H groups in total. The molecule has 2 unspecified atom stereocenters. The van der Waals surface area contributed by atoms with Crippen molar-refractivity contribution in [1.82, 2.24) is 15.2 Å². The van der Waals surface area contributed by atoms with Crippen LogP contribution in [0.25, 0.3) is 10.2 Å². The third-order valence-corrected chi connectivity index (χ3v) is 7.24. The largest absolute Gasteiger partial charge is 0.344 e. The predicted octanol–water partition coefficient (Wildman–Crippen LogP) is 4.92.